The second-order valence-corrected chi connectivity index (χ2v) is 3.53. The van der Waals surface area contributed by atoms with Crippen molar-refractivity contribution >= 4 is 43.0 Å². The molecule has 2 rings (SSSR count). The number of halogens is 2. The minimum Gasteiger partial charge on any atom is -0.455 e. The topological polar surface area (TPSA) is 13.1 Å². The molecule has 0 atom stereocenters. The molecular formula is C6H2Br2O. The van der Waals surface area contributed by atoms with Crippen LogP contribution in [0.25, 0.3) is 11.2 Å². The molecule has 46 valence electrons. The number of furan rings is 2. The summed E-state index contributed by atoms with van der Waals surface area (Å²) in [5.41, 5.74) is 1.80. The van der Waals surface area contributed by atoms with Gasteiger partial charge in [0, 0.05) is 0 Å². The summed E-state index contributed by atoms with van der Waals surface area (Å²) in [5.74, 6) is 0. The van der Waals surface area contributed by atoms with Gasteiger partial charge >= 0.3 is 0 Å². The summed E-state index contributed by atoms with van der Waals surface area (Å²) in [6.07, 6.45) is 0. The van der Waals surface area contributed by atoms with Gasteiger partial charge in [-0.15, -0.1) is 0 Å². The van der Waals surface area contributed by atoms with Crippen LogP contribution in [0.2, 0.25) is 0 Å². The third kappa shape index (κ3) is 0.715. The minimum absolute atomic E-state index is 0.894. The normalized spacial score (nSPS) is 11.3. The van der Waals surface area contributed by atoms with Gasteiger partial charge in [-0.1, -0.05) is 0 Å². The summed E-state index contributed by atoms with van der Waals surface area (Å²) in [5, 5.41) is 0. The molecular weight excluding hydrogens is 248 g/mol. The van der Waals surface area contributed by atoms with Crippen molar-refractivity contribution in [3.8, 4) is 0 Å². The molecule has 3 heteroatoms. The van der Waals surface area contributed by atoms with Gasteiger partial charge in [0.2, 0.25) is 0 Å². The third-order valence-electron chi connectivity index (χ3n) is 1.19. The SMILES string of the molecule is Brc1cc2cc(Br)c1o2. The van der Waals surface area contributed by atoms with Gasteiger partial charge in [-0.2, -0.15) is 0 Å². The summed E-state index contributed by atoms with van der Waals surface area (Å²) >= 11 is 6.69. The van der Waals surface area contributed by atoms with Crippen LogP contribution in [0.15, 0.2) is 25.5 Å². The molecule has 0 fully saturated rings. The highest BCUT2D eigenvalue weighted by atomic mass is 79.9. The fourth-order valence-electron chi connectivity index (χ4n) is 0.811. The Morgan fingerprint density at radius 3 is 1.89 bits per heavy atom. The Balaban J connectivity index is 2.96. The Bertz CT molecular complexity index is 299. The van der Waals surface area contributed by atoms with Crippen molar-refractivity contribution in [2.75, 3.05) is 0 Å². The fourth-order valence-corrected chi connectivity index (χ4v) is 2.12. The summed E-state index contributed by atoms with van der Waals surface area (Å²) in [6.45, 7) is 0. The zero-order chi connectivity index (χ0) is 6.43. The van der Waals surface area contributed by atoms with Crippen LogP contribution in [-0.4, -0.2) is 0 Å². The van der Waals surface area contributed by atoms with E-state index in [0.29, 0.717) is 0 Å². The van der Waals surface area contributed by atoms with Crippen molar-refractivity contribution < 1.29 is 4.42 Å². The lowest BCUT2D eigenvalue weighted by molar-refractivity contribution is 0.673. The average molecular weight is 250 g/mol. The Morgan fingerprint density at radius 2 is 1.67 bits per heavy atom. The molecule has 0 spiro atoms. The maximum absolute atomic E-state index is 5.25. The zero-order valence-electron chi connectivity index (χ0n) is 4.32. The Kier molecular flexibility index (Phi) is 1.11. The molecule has 0 unspecified atom stereocenters. The number of hydrogen-bond donors (Lipinski definition) is 0. The summed E-state index contributed by atoms with van der Waals surface area (Å²) in [6, 6.07) is 3.89. The monoisotopic (exact) mass is 248 g/mol. The summed E-state index contributed by atoms with van der Waals surface area (Å²) in [7, 11) is 0. The van der Waals surface area contributed by atoms with E-state index in [2.05, 4.69) is 31.9 Å². The van der Waals surface area contributed by atoms with Gasteiger partial charge in [0.25, 0.3) is 0 Å². The maximum atomic E-state index is 5.25. The van der Waals surface area contributed by atoms with Crippen LogP contribution >= 0.6 is 31.9 Å². The Hall–Kier alpha value is -0.0200. The molecule has 2 heterocycles. The van der Waals surface area contributed by atoms with Crippen molar-refractivity contribution in [1.82, 2.24) is 0 Å². The van der Waals surface area contributed by atoms with E-state index in [9.17, 15) is 0 Å². The van der Waals surface area contributed by atoms with E-state index >= 15 is 0 Å². The van der Waals surface area contributed by atoms with Crippen LogP contribution in [0.1, 0.15) is 0 Å². The third-order valence-corrected chi connectivity index (χ3v) is 2.37. The lowest BCUT2D eigenvalue weighted by Crippen LogP contribution is -1.58. The smallest absolute Gasteiger partial charge is 0.156 e. The molecule has 2 aromatic heterocycles. The van der Waals surface area contributed by atoms with Gasteiger partial charge < -0.3 is 4.42 Å². The molecule has 0 radical (unpaired) electrons. The van der Waals surface area contributed by atoms with Gasteiger partial charge in [-0.3, -0.25) is 0 Å². The molecule has 9 heavy (non-hydrogen) atoms. The highest BCUT2D eigenvalue weighted by Crippen LogP contribution is 2.34. The van der Waals surface area contributed by atoms with E-state index in [-0.39, 0.29) is 0 Å². The number of rotatable bonds is 0. The number of benzene rings is 1. The number of hydrogen-bond acceptors (Lipinski definition) is 1. The van der Waals surface area contributed by atoms with E-state index < -0.39 is 0 Å². The summed E-state index contributed by atoms with van der Waals surface area (Å²) < 4.78 is 7.29. The fraction of sp³-hybridized carbons (Fsp3) is 0. The highest BCUT2D eigenvalue weighted by molar-refractivity contribution is 9.11. The molecule has 0 N–H and O–H groups in total. The second-order valence-electron chi connectivity index (χ2n) is 1.82. The second kappa shape index (κ2) is 1.73. The summed E-state index contributed by atoms with van der Waals surface area (Å²) in [4.78, 5) is 0. The molecule has 0 aliphatic carbocycles. The first-order chi connectivity index (χ1) is 4.27. The predicted molar refractivity (Wildman–Crippen MR) is 42.8 cm³/mol. The van der Waals surface area contributed by atoms with Crippen LogP contribution in [0.5, 0.6) is 0 Å². The molecule has 0 aromatic carbocycles. The van der Waals surface area contributed by atoms with Crippen molar-refractivity contribution in [1.29, 1.82) is 0 Å². The molecule has 0 amide bonds. The van der Waals surface area contributed by atoms with Crippen molar-refractivity contribution in [2.45, 2.75) is 0 Å². The Morgan fingerprint density at radius 1 is 1.11 bits per heavy atom. The average Bonchev–Trinajstić information content (AvgIpc) is 2.22. The van der Waals surface area contributed by atoms with E-state index in [0.717, 1.165) is 20.1 Å². The van der Waals surface area contributed by atoms with Crippen LogP contribution in [-0.2, 0) is 0 Å². The van der Waals surface area contributed by atoms with Gasteiger partial charge in [0.15, 0.2) is 5.58 Å². The van der Waals surface area contributed by atoms with E-state index in [1.54, 1.807) is 0 Å². The minimum atomic E-state index is 0.894. The highest BCUT2D eigenvalue weighted by Gasteiger charge is 2.08. The first kappa shape index (κ1) is 5.74. The molecule has 0 saturated heterocycles. The van der Waals surface area contributed by atoms with Crippen LogP contribution in [0.3, 0.4) is 0 Å². The molecule has 0 aliphatic rings. The van der Waals surface area contributed by atoms with Crippen molar-refractivity contribution in [3.05, 3.63) is 21.1 Å². The largest absolute Gasteiger partial charge is 0.455 e. The molecule has 0 saturated carbocycles. The maximum Gasteiger partial charge on any atom is 0.156 e. The first-order valence-corrected chi connectivity index (χ1v) is 4.03. The standard InChI is InChI=1S/C6H2Br2O/c7-4-1-3-2-5(8)6(4)9-3/h1-2H. The first-order valence-electron chi connectivity index (χ1n) is 2.44. The zero-order valence-corrected chi connectivity index (χ0v) is 7.49. The van der Waals surface area contributed by atoms with E-state index in [1.807, 2.05) is 12.1 Å². The quantitative estimate of drug-likeness (QED) is 0.698. The van der Waals surface area contributed by atoms with E-state index in [1.165, 1.54) is 0 Å². The number of fused-ring (bicyclic) bond motifs is 2. The van der Waals surface area contributed by atoms with Crippen LogP contribution in [0.4, 0.5) is 0 Å². The van der Waals surface area contributed by atoms with Crippen LogP contribution < -0.4 is 0 Å². The van der Waals surface area contributed by atoms with Gasteiger partial charge in [0.05, 0.1) is 8.95 Å². The van der Waals surface area contributed by atoms with Crippen LogP contribution in [0, 0.1) is 0 Å². The Labute approximate surface area is 68.6 Å². The molecule has 2 aromatic rings. The lowest BCUT2D eigenvalue weighted by Gasteiger charge is -1.81. The molecule has 0 aliphatic heterocycles. The lowest BCUT2D eigenvalue weighted by atomic mass is 10.4. The predicted octanol–water partition coefficient (Wildman–Crippen LogP) is 3.40. The van der Waals surface area contributed by atoms with Gasteiger partial charge in [-0.05, 0) is 44.0 Å². The van der Waals surface area contributed by atoms with Crippen molar-refractivity contribution in [3.63, 3.8) is 0 Å². The molecule has 1 nitrogen and oxygen atoms in total. The van der Waals surface area contributed by atoms with Gasteiger partial charge in [-0.25, -0.2) is 0 Å². The van der Waals surface area contributed by atoms with Gasteiger partial charge in [0.1, 0.15) is 5.58 Å². The van der Waals surface area contributed by atoms with Crippen molar-refractivity contribution in [2.24, 2.45) is 0 Å². The van der Waals surface area contributed by atoms with E-state index in [4.69, 9.17) is 4.42 Å². The molecule has 2 bridgehead atoms.